The third-order valence-electron chi connectivity index (χ3n) is 4.51. The Bertz CT molecular complexity index is 923. The van der Waals surface area contributed by atoms with Gasteiger partial charge in [-0.3, -0.25) is 5.10 Å². The Balaban J connectivity index is 1.52. The molecule has 1 unspecified atom stereocenters. The number of aromatic nitrogens is 5. The van der Waals surface area contributed by atoms with E-state index in [2.05, 4.69) is 44.5 Å². The van der Waals surface area contributed by atoms with Gasteiger partial charge < -0.3 is 24.1 Å². The molecule has 1 aliphatic rings. The Hall–Kier alpha value is -3.14. The summed E-state index contributed by atoms with van der Waals surface area (Å²) in [6, 6.07) is 3.80. The molecule has 3 aromatic rings. The maximum Gasteiger partial charge on any atom is 0.244 e. The molecule has 10 nitrogen and oxygen atoms in total. The van der Waals surface area contributed by atoms with Gasteiger partial charge in [0.2, 0.25) is 17.5 Å². The largest absolute Gasteiger partial charge is 0.493 e. The third-order valence-corrected chi connectivity index (χ3v) is 4.51. The quantitative estimate of drug-likeness (QED) is 0.587. The van der Waals surface area contributed by atoms with E-state index in [4.69, 9.17) is 18.7 Å². The molecule has 0 amide bonds. The number of nitrogens with one attached hydrogen (secondary N) is 2. The second kappa shape index (κ2) is 8.48. The van der Waals surface area contributed by atoms with Crippen molar-refractivity contribution in [2.45, 2.75) is 32.9 Å². The average Bonchev–Trinajstić information content (AvgIpc) is 3.41. The lowest BCUT2D eigenvalue weighted by Crippen LogP contribution is -2.23. The van der Waals surface area contributed by atoms with Crippen LogP contribution >= 0.6 is 0 Å². The Morgan fingerprint density at radius 2 is 2.10 bits per heavy atom. The zero-order chi connectivity index (χ0) is 20.2. The van der Waals surface area contributed by atoms with Gasteiger partial charge in [0.05, 0.1) is 13.2 Å². The minimum atomic E-state index is -0.113. The summed E-state index contributed by atoms with van der Waals surface area (Å²) in [5.41, 5.74) is 1.01. The molecule has 154 valence electrons. The van der Waals surface area contributed by atoms with Crippen molar-refractivity contribution >= 4 is 0 Å². The number of benzene rings is 1. The van der Waals surface area contributed by atoms with Crippen molar-refractivity contribution in [3.05, 3.63) is 29.9 Å². The van der Waals surface area contributed by atoms with Gasteiger partial charge in [-0.2, -0.15) is 10.1 Å². The highest BCUT2D eigenvalue weighted by Gasteiger charge is 2.23. The Labute approximate surface area is 168 Å². The van der Waals surface area contributed by atoms with Crippen LogP contribution in [0.4, 0.5) is 0 Å². The normalized spacial score (nSPS) is 14.2. The van der Waals surface area contributed by atoms with Crippen LogP contribution in [0.15, 0.2) is 23.0 Å². The molecule has 10 heteroatoms. The van der Waals surface area contributed by atoms with Crippen LogP contribution in [0.2, 0.25) is 0 Å². The molecular formula is C19H24N6O4. The van der Waals surface area contributed by atoms with Crippen LogP contribution < -0.4 is 19.5 Å². The minimum absolute atomic E-state index is 0.113. The van der Waals surface area contributed by atoms with E-state index < -0.39 is 0 Å². The third kappa shape index (κ3) is 4.32. The van der Waals surface area contributed by atoms with E-state index in [0.717, 1.165) is 12.0 Å². The van der Waals surface area contributed by atoms with Gasteiger partial charge >= 0.3 is 0 Å². The Morgan fingerprint density at radius 3 is 2.86 bits per heavy atom. The molecular weight excluding hydrogens is 376 g/mol. The molecule has 0 aliphatic carbocycles. The number of ether oxygens (including phenoxy) is 3. The first-order chi connectivity index (χ1) is 14.1. The van der Waals surface area contributed by atoms with Crippen molar-refractivity contribution < 1.29 is 18.7 Å². The van der Waals surface area contributed by atoms with Crippen molar-refractivity contribution in [3.8, 4) is 28.9 Å². The van der Waals surface area contributed by atoms with Crippen LogP contribution in [0, 0.1) is 5.92 Å². The zero-order valence-corrected chi connectivity index (χ0v) is 16.6. The molecule has 1 atom stereocenters. The standard InChI is InChI=1S/C19H24N6O4/c1-11(2)6-13(19-23-18(25-29-19)17-21-10-22-24-17)20-9-12-7-14(26-3)16-15(8-12)27-4-5-28-16/h7-8,10-11,13,20H,4-6,9H2,1-3H3,(H,21,22,24). The predicted molar refractivity (Wildman–Crippen MR) is 103 cm³/mol. The topological polar surface area (TPSA) is 120 Å². The Kier molecular flexibility index (Phi) is 5.61. The first-order valence-electron chi connectivity index (χ1n) is 9.53. The average molecular weight is 400 g/mol. The summed E-state index contributed by atoms with van der Waals surface area (Å²) >= 11 is 0. The molecule has 0 saturated heterocycles. The van der Waals surface area contributed by atoms with Gasteiger partial charge in [0, 0.05) is 6.54 Å². The highest BCUT2D eigenvalue weighted by atomic mass is 16.6. The van der Waals surface area contributed by atoms with Crippen molar-refractivity contribution in [3.63, 3.8) is 0 Å². The van der Waals surface area contributed by atoms with E-state index in [1.54, 1.807) is 7.11 Å². The molecule has 1 aliphatic heterocycles. The summed E-state index contributed by atoms with van der Waals surface area (Å²) in [5, 5.41) is 14.1. The van der Waals surface area contributed by atoms with Crippen molar-refractivity contribution in [1.82, 2.24) is 30.6 Å². The van der Waals surface area contributed by atoms with E-state index in [0.29, 0.717) is 60.5 Å². The van der Waals surface area contributed by atoms with Gasteiger partial charge in [0.1, 0.15) is 19.5 Å². The van der Waals surface area contributed by atoms with E-state index in [1.807, 2.05) is 12.1 Å². The molecule has 0 spiro atoms. The van der Waals surface area contributed by atoms with E-state index in [9.17, 15) is 0 Å². The van der Waals surface area contributed by atoms with Crippen molar-refractivity contribution in [1.29, 1.82) is 0 Å². The number of H-pyrrole nitrogens is 1. The first-order valence-corrected chi connectivity index (χ1v) is 9.53. The minimum Gasteiger partial charge on any atom is -0.493 e. The van der Waals surface area contributed by atoms with Gasteiger partial charge in [-0.1, -0.05) is 19.0 Å². The summed E-state index contributed by atoms with van der Waals surface area (Å²) in [4.78, 5) is 8.54. The van der Waals surface area contributed by atoms with Crippen LogP contribution in [-0.4, -0.2) is 45.6 Å². The number of hydrogen-bond donors (Lipinski definition) is 2. The van der Waals surface area contributed by atoms with Crippen LogP contribution in [0.3, 0.4) is 0 Å². The molecule has 1 aromatic carbocycles. The van der Waals surface area contributed by atoms with E-state index in [1.165, 1.54) is 6.33 Å². The number of aromatic amines is 1. The highest BCUT2D eigenvalue weighted by Crippen LogP contribution is 2.40. The summed E-state index contributed by atoms with van der Waals surface area (Å²) in [6.45, 7) is 5.91. The molecule has 29 heavy (non-hydrogen) atoms. The van der Waals surface area contributed by atoms with Gasteiger partial charge in [-0.25, -0.2) is 4.98 Å². The zero-order valence-electron chi connectivity index (χ0n) is 16.6. The van der Waals surface area contributed by atoms with Gasteiger partial charge in [0.15, 0.2) is 17.3 Å². The molecule has 0 radical (unpaired) electrons. The van der Waals surface area contributed by atoms with Crippen LogP contribution in [0.1, 0.15) is 37.8 Å². The smallest absolute Gasteiger partial charge is 0.244 e. The molecule has 0 fully saturated rings. The number of rotatable bonds is 8. The number of hydrogen-bond acceptors (Lipinski definition) is 9. The molecule has 0 bridgehead atoms. The molecule has 3 heterocycles. The number of nitrogens with zero attached hydrogens (tertiary/aromatic N) is 4. The van der Waals surface area contributed by atoms with Crippen LogP contribution in [0.5, 0.6) is 17.2 Å². The van der Waals surface area contributed by atoms with Crippen molar-refractivity contribution in [2.75, 3.05) is 20.3 Å². The lowest BCUT2D eigenvalue weighted by atomic mass is 10.0. The Morgan fingerprint density at radius 1 is 1.24 bits per heavy atom. The second-order valence-electron chi connectivity index (χ2n) is 7.18. The SMILES string of the molecule is COc1cc(CNC(CC(C)C)c2nc(-c3ncn[nH]3)no2)cc2c1OCCO2. The maximum absolute atomic E-state index is 5.72. The molecule has 2 aromatic heterocycles. The fourth-order valence-corrected chi connectivity index (χ4v) is 3.20. The maximum atomic E-state index is 5.72. The summed E-state index contributed by atoms with van der Waals surface area (Å²) in [7, 11) is 1.62. The van der Waals surface area contributed by atoms with Gasteiger partial charge in [0.25, 0.3) is 0 Å². The fourth-order valence-electron chi connectivity index (χ4n) is 3.20. The summed E-state index contributed by atoms with van der Waals surface area (Å²) < 4.78 is 22.3. The fraction of sp³-hybridized carbons (Fsp3) is 0.474. The second-order valence-corrected chi connectivity index (χ2v) is 7.18. The summed E-state index contributed by atoms with van der Waals surface area (Å²) in [6.07, 6.45) is 2.24. The molecule has 4 rings (SSSR count). The van der Waals surface area contributed by atoms with E-state index in [-0.39, 0.29) is 6.04 Å². The first kappa shape index (κ1) is 19.2. The predicted octanol–water partition coefficient (Wildman–Crippen LogP) is 2.51. The number of fused-ring (bicyclic) bond motifs is 1. The summed E-state index contributed by atoms with van der Waals surface area (Å²) in [5.74, 6) is 3.80. The lowest BCUT2D eigenvalue weighted by molar-refractivity contribution is 0.165. The highest BCUT2D eigenvalue weighted by molar-refractivity contribution is 5.54. The number of methoxy groups -OCH3 is 1. The molecule has 0 saturated carbocycles. The lowest BCUT2D eigenvalue weighted by Gasteiger charge is -2.22. The van der Waals surface area contributed by atoms with Crippen LogP contribution in [0.25, 0.3) is 11.6 Å². The molecule has 2 N–H and O–H groups in total. The van der Waals surface area contributed by atoms with E-state index >= 15 is 0 Å². The monoisotopic (exact) mass is 400 g/mol. The van der Waals surface area contributed by atoms with Crippen molar-refractivity contribution in [2.24, 2.45) is 5.92 Å². The van der Waals surface area contributed by atoms with Gasteiger partial charge in [-0.05, 0) is 30.0 Å². The van der Waals surface area contributed by atoms with Gasteiger partial charge in [-0.15, -0.1) is 0 Å². The van der Waals surface area contributed by atoms with Crippen LogP contribution in [-0.2, 0) is 6.54 Å².